The maximum atomic E-state index is 2.49. The van der Waals surface area contributed by atoms with E-state index in [4.69, 9.17) is 0 Å². The number of anilines is 3. The highest BCUT2D eigenvalue weighted by atomic mass is 32.1. The molecule has 2 aromatic heterocycles. The average Bonchev–Trinajstić information content (AvgIpc) is 3.84. The van der Waals surface area contributed by atoms with E-state index in [1.807, 2.05) is 22.7 Å². The van der Waals surface area contributed by atoms with E-state index in [-0.39, 0.29) is 0 Å². The second kappa shape index (κ2) is 13.1. The highest BCUT2D eigenvalue weighted by Crippen LogP contribution is 2.49. The Labute approximate surface area is 327 Å². The monoisotopic (exact) mass is 735 g/mol. The van der Waals surface area contributed by atoms with Gasteiger partial charge in [0.1, 0.15) is 0 Å². The standard InChI is InChI=1S/C52H33NS2/c1-3-14-34(15-4-1)38-32-33-47(42-19-8-7-18-41(38)42)53(37-30-28-36(29-31-37)40-22-11-23-44-43-20-9-10-27-49(43)54-50(40)44)48-26-13-25-46-45-24-12-21-39(51(45)55-52(46)48)35-16-5-2-6-17-35/h1-33H. The van der Waals surface area contributed by atoms with E-state index in [1.165, 1.54) is 90.2 Å². The van der Waals surface area contributed by atoms with E-state index in [2.05, 4.69) is 205 Å². The molecule has 2 heterocycles. The van der Waals surface area contributed by atoms with Gasteiger partial charge in [0.2, 0.25) is 0 Å². The summed E-state index contributed by atoms with van der Waals surface area (Å²) >= 11 is 3.78. The van der Waals surface area contributed by atoms with E-state index in [0.717, 1.165) is 11.4 Å². The van der Waals surface area contributed by atoms with Gasteiger partial charge in [-0.1, -0.05) is 170 Å². The minimum atomic E-state index is 1.12. The Morgan fingerprint density at radius 1 is 0.273 bits per heavy atom. The first kappa shape index (κ1) is 32.0. The summed E-state index contributed by atoms with van der Waals surface area (Å²) in [5.41, 5.74) is 10.9. The maximum Gasteiger partial charge on any atom is 0.0640 e. The van der Waals surface area contributed by atoms with Crippen molar-refractivity contribution in [2.75, 3.05) is 4.90 Å². The molecular formula is C52H33NS2. The van der Waals surface area contributed by atoms with Gasteiger partial charge in [-0.05, 0) is 69.1 Å². The summed E-state index contributed by atoms with van der Waals surface area (Å²) in [6.45, 7) is 0. The molecule has 0 aliphatic heterocycles. The minimum absolute atomic E-state index is 1.12. The average molecular weight is 736 g/mol. The molecule has 0 aliphatic rings. The van der Waals surface area contributed by atoms with Crippen LogP contribution in [0.1, 0.15) is 0 Å². The van der Waals surface area contributed by atoms with Crippen LogP contribution in [0.4, 0.5) is 17.1 Å². The Morgan fingerprint density at radius 2 is 0.782 bits per heavy atom. The van der Waals surface area contributed by atoms with E-state index in [0.29, 0.717) is 0 Å². The van der Waals surface area contributed by atoms with E-state index < -0.39 is 0 Å². The molecule has 0 fully saturated rings. The lowest BCUT2D eigenvalue weighted by Gasteiger charge is -2.28. The highest BCUT2D eigenvalue weighted by Gasteiger charge is 2.22. The van der Waals surface area contributed by atoms with Crippen LogP contribution in [0.25, 0.3) is 84.5 Å². The van der Waals surface area contributed by atoms with E-state index in [1.54, 1.807) is 0 Å². The van der Waals surface area contributed by atoms with Crippen LogP contribution in [0.2, 0.25) is 0 Å². The van der Waals surface area contributed by atoms with Crippen LogP contribution in [0.5, 0.6) is 0 Å². The third-order valence-corrected chi connectivity index (χ3v) is 13.4. The molecule has 258 valence electrons. The number of fused-ring (bicyclic) bond motifs is 7. The molecule has 0 atom stereocenters. The van der Waals surface area contributed by atoms with E-state index in [9.17, 15) is 0 Å². The lowest BCUT2D eigenvalue weighted by Crippen LogP contribution is -2.10. The van der Waals surface area contributed by atoms with Crippen LogP contribution >= 0.6 is 22.7 Å². The van der Waals surface area contributed by atoms with Gasteiger partial charge in [-0.25, -0.2) is 0 Å². The van der Waals surface area contributed by atoms with Crippen LogP contribution in [0, 0.1) is 0 Å². The summed E-state index contributed by atoms with van der Waals surface area (Å²) in [6.07, 6.45) is 0. The lowest BCUT2D eigenvalue weighted by atomic mass is 9.96. The van der Waals surface area contributed by atoms with Gasteiger partial charge in [-0.2, -0.15) is 0 Å². The normalized spacial score (nSPS) is 11.6. The van der Waals surface area contributed by atoms with Crippen LogP contribution in [0.3, 0.4) is 0 Å². The van der Waals surface area contributed by atoms with Crippen molar-refractivity contribution in [3.63, 3.8) is 0 Å². The molecule has 0 amide bonds. The van der Waals surface area contributed by atoms with Crippen molar-refractivity contribution in [2.24, 2.45) is 0 Å². The fraction of sp³-hybridized carbons (Fsp3) is 0. The number of hydrogen-bond acceptors (Lipinski definition) is 3. The minimum Gasteiger partial charge on any atom is -0.308 e. The smallest absolute Gasteiger partial charge is 0.0640 e. The Kier molecular flexibility index (Phi) is 7.61. The van der Waals surface area contributed by atoms with Gasteiger partial charge in [0.05, 0.1) is 16.1 Å². The molecule has 0 N–H and O–H groups in total. The number of rotatable bonds is 6. The highest BCUT2D eigenvalue weighted by molar-refractivity contribution is 7.27. The molecule has 0 spiro atoms. The SMILES string of the molecule is c1ccc(-c2ccc(N(c3ccc(-c4cccc5c4sc4ccccc45)cc3)c3cccc4c3sc3c(-c5ccccc5)cccc34)c3ccccc23)cc1. The molecule has 0 bridgehead atoms. The van der Waals surface area contributed by atoms with Crippen molar-refractivity contribution in [1.29, 1.82) is 0 Å². The molecule has 11 aromatic rings. The molecule has 0 unspecified atom stereocenters. The molecule has 0 radical (unpaired) electrons. The molecular weight excluding hydrogens is 703 g/mol. The fourth-order valence-corrected chi connectivity index (χ4v) is 10.9. The summed E-state index contributed by atoms with van der Waals surface area (Å²) in [6, 6.07) is 73.2. The molecule has 0 saturated heterocycles. The topological polar surface area (TPSA) is 3.24 Å². The van der Waals surface area contributed by atoms with Crippen molar-refractivity contribution in [3.05, 3.63) is 200 Å². The molecule has 11 rings (SSSR count). The first-order valence-corrected chi connectivity index (χ1v) is 20.3. The zero-order chi connectivity index (χ0) is 36.3. The van der Waals surface area contributed by atoms with Crippen molar-refractivity contribution in [3.8, 4) is 33.4 Å². The number of hydrogen-bond donors (Lipinski definition) is 0. The van der Waals surface area contributed by atoms with Crippen molar-refractivity contribution >= 4 is 90.9 Å². The predicted molar refractivity (Wildman–Crippen MR) is 241 cm³/mol. The third-order valence-electron chi connectivity index (χ3n) is 10.9. The summed E-state index contributed by atoms with van der Waals surface area (Å²) in [5, 5.41) is 7.66. The van der Waals surface area contributed by atoms with Crippen molar-refractivity contribution < 1.29 is 0 Å². The fourth-order valence-electron chi connectivity index (χ4n) is 8.35. The number of nitrogens with zero attached hydrogens (tertiary/aromatic N) is 1. The zero-order valence-corrected chi connectivity index (χ0v) is 31.4. The Bertz CT molecular complexity index is 3190. The molecule has 9 aromatic carbocycles. The second-order valence-corrected chi connectivity index (χ2v) is 16.1. The number of thiophene rings is 2. The van der Waals surface area contributed by atoms with Gasteiger partial charge >= 0.3 is 0 Å². The summed E-state index contributed by atoms with van der Waals surface area (Å²) < 4.78 is 5.24. The van der Waals surface area contributed by atoms with Gasteiger partial charge in [0, 0.05) is 46.7 Å². The second-order valence-electron chi connectivity index (χ2n) is 14.0. The van der Waals surface area contributed by atoms with Crippen molar-refractivity contribution in [2.45, 2.75) is 0 Å². The molecule has 55 heavy (non-hydrogen) atoms. The van der Waals surface area contributed by atoms with Gasteiger partial charge < -0.3 is 4.90 Å². The van der Waals surface area contributed by atoms with Crippen molar-refractivity contribution in [1.82, 2.24) is 0 Å². The largest absolute Gasteiger partial charge is 0.308 e. The first-order valence-electron chi connectivity index (χ1n) is 18.7. The van der Waals surface area contributed by atoms with E-state index >= 15 is 0 Å². The van der Waals surface area contributed by atoms with Crippen LogP contribution in [-0.4, -0.2) is 0 Å². The maximum absolute atomic E-state index is 2.49. The Morgan fingerprint density at radius 3 is 1.49 bits per heavy atom. The zero-order valence-electron chi connectivity index (χ0n) is 29.8. The summed E-state index contributed by atoms with van der Waals surface area (Å²) in [4.78, 5) is 2.49. The molecule has 1 nitrogen and oxygen atoms in total. The Hall–Kier alpha value is -6.52. The van der Waals surface area contributed by atoms with Crippen LogP contribution in [0.15, 0.2) is 200 Å². The predicted octanol–water partition coefficient (Wildman–Crippen LogP) is 16.0. The van der Waals surface area contributed by atoms with Crippen LogP contribution < -0.4 is 4.90 Å². The van der Waals surface area contributed by atoms with Gasteiger partial charge in [-0.3, -0.25) is 0 Å². The number of benzene rings is 9. The summed E-state index contributed by atoms with van der Waals surface area (Å²) in [5.74, 6) is 0. The summed E-state index contributed by atoms with van der Waals surface area (Å²) in [7, 11) is 0. The Balaban J connectivity index is 1.14. The molecule has 3 heteroatoms. The van der Waals surface area contributed by atoms with Crippen LogP contribution in [-0.2, 0) is 0 Å². The van der Waals surface area contributed by atoms with Gasteiger partial charge in [0.15, 0.2) is 0 Å². The molecule has 0 saturated carbocycles. The van der Waals surface area contributed by atoms with Gasteiger partial charge in [0.25, 0.3) is 0 Å². The third kappa shape index (κ3) is 5.27. The van der Waals surface area contributed by atoms with Gasteiger partial charge in [-0.15, -0.1) is 22.7 Å². The first-order chi connectivity index (χ1) is 27.3. The quantitative estimate of drug-likeness (QED) is 0.164. The molecule has 0 aliphatic carbocycles. The lowest BCUT2D eigenvalue weighted by molar-refractivity contribution is 1.32.